The first-order valence-corrected chi connectivity index (χ1v) is 6.91. The van der Waals surface area contributed by atoms with E-state index in [1.165, 1.54) is 19.9 Å². The third kappa shape index (κ3) is 7.42. The summed E-state index contributed by atoms with van der Waals surface area (Å²) in [6.45, 7) is 2.85. The van der Waals surface area contributed by atoms with Crippen molar-refractivity contribution in [3.05, 3.63) is 54.4 Å². The van der Waals surface area contributed by atoms with Gasteiger partial charge in [-0.2, -0.15) is 0 Å². The fraction of sp³-hybridized carbons (Fsp3) is 0.222. The molecule has 6 heteroatoms. The van der Waals surface area contributed by atoms with Crippen LogP contribution in [0.5, 0.6) is 11.5 Å². The Morgan fingerprint density at radius 3 is 2.38 bits per heavy atom. The Morgan fingerprint density at radius 1 is 1.25 bits per heavy atom. The number of pyridine rings is 1. The predicted octanol–water partition coefficient (Wildman–Crippen LogP) is 3.60. The van der Waals surface area contributed by atoms with Crippen LogP contribution in [-0.2, 0) is 25.9 Å². The van der Waals surface area contributed by atoms with Crippen LogP contribution < -0.4 is 9.47 Å². The molecule has 2 rings (SSSR count). The molecule has 0 radical (unpaired) electrons. The summed E-state index contributed by atoms with van der Waals surface area (Å²) in [5, 5.41) is 8.36. The fourth-order valence-corrected chi connectivity index (χ4v) is 1.74. The minimum Gasteiger partial charge on any atom is -0.540 e. The first-order chi connectivity index (χ1) is 11.0. The Hall–Kier alpha value is -2.13. The van der Waals surface area contributed by atoms with Crippen molar-refractivity contribution in [1.82, 2.24) is 4.98 Å². The summed E-state index contributed by atoms with van der Waals surface area (Å²) in [5.74, 6) is 1.36. The van der Waals surface area contributed by atoms with Gasteiger partial charge in [-0.25, -0.2) is 0 Å². The fourth-order valence-electron chi connectivity index (χ4n) is 1.74. The second-order valence-corrected chi connectivity index (χ2v) is 4.59. The molecule has 0 aliphatic carbocycles. The molecule has 0 saturated heterocycles. The molecule has 132 valence electrons. The molecule has 24 heavy (non-hydrogen) atoms. The number of aromatic nitrogens is 1. The van der Waals surface area contributed by atoms with Crippen molar-refractivity contribution in [3.8, 4) is 22.8 Å². The van der Waals surface area contributed by atoms with Crippen molar-refractivity contribution in [2.24, 2.45) is 0 Å². The average molecular weight is 509 g/mol. The van der Waals surface area contributed by atoms with E-state index in [-0.39, 0.29) is 32.6 Å². The number of benzene rings is 1. The van der Waals surface area contributed by atoms with Gasteiger partial charge in [-0.15, -0.1) is 12.1 Å². The second-order valence-electron chi connectivity index (χ2n) is 4.59. The maximum Gasteiger partial charge on any atom is 0.155 e. The van der Waals surface area contributed by atoms with E-state index in [0.717, 1.165) is 17.0 Å². The minimum atomic E-state index is -0.125. The maximum atomic E-state index is 10.0. The topological polar surface area (TPSA) is 68.7 Å². The SMILES string of the molecule is CC(=O)/C=C(/C)O.COc1c[c-]c(-c2ccccn2)c(OC)c1.[Pt]. The number of allylic oxidation sites excluding steroid dienone is 2. The van der Waals surface area contributed by atoms with Crippen LogP contribution in [0.4, 0.5) is 0 Å². The Bertz CT molecular complexity index is 668. The number of hydrogen-bond acceptors (Lipinski definition) is 5. The zero-order chi connectivity index (χ0) is 17.2. The number of carbonyl (C=O) groups is 1. The van der Waals surface area contributed by atoms with Gasteiger partial charge in [0.15, 0.2) is 5.78 Å². The number of rotatable bonds is 4. The van der Waals surface area contributed by atoms with Gasteiger partial charge in [0.2, 0.25) is 0 Å². The Morgan fingerprint density at radius 2 is 1.96 bits per heavy atom. The van der Waals surface area contributed by atoms with Crippen LogP contribution in [0.15, 0.2) is 48.4 Å². The van der Waals surface area contributed by atoms with Gasteiger partial charge in [0, 0.05) is 44.8 Å². The van der Waals surface area contributed by atoms with Crippen molar-refractivity contribution in [1.29, 1.82) is 0 Å². The van der Waals surface area contributed by atoms with Crippen molar-refractivity contribution in [2.75, 3.05) is 14.2 Å². The molecule has 2 aromatic rings. The molecule has 0 bridgehead atoms. The monoisotopic (exact) mass is 509 g/mol. The summed E-state index contributed by atoms with van der Waals surface area (Å²) in [4.78, 5) is 14.3. The molecule has 1 aromatic heterocycles. The number of methoxy groups -OCH3 is 2. The van der Waals surface area contributed by atoms with Crippen molar-refractivity contribution >= 4 is 5.78 Å². The first kappa shape index (κ1) is 21.9. The standard InChI is InChI=1S/C13H12NO2.C5H8O2.Pt/c1-15-10-6-7-11(13(9-10)16-2)12-5-3-4-8-14-12;1-4(6)3-5(2)7;/h3-6,8-9H,1-2H3;3,6H,1-2H3;/q-1;;/b;4-3-;. The quantitative estimate of drug-likeness (QED) is 0.388. The maximum absolute atomic E-state index is 10.0. The van der Waals surface area contributed by atoms with Crippen LogP contribution in [0.1, 0.15) is 13.8 Å². The smallest absolute Gasteiger partial charge is 0.155 e. The molecule has 0 aliphatic heterocycles. The molecular weight excluding hydrogens is 489 g/mol. The van der Waals surface area contributed by atoms with Gasteiger partial charge in [0.05, 0.1) is 20.0 Å². The molecule has 0 unspecified atom stereocenters. The molecular formula is C18H20NO4Pt-. The van der Waals surface area contributed by atoms with Gasteiger partial charge < -0.3 is 19.6 Å². The molecule has 0 spiro atoms. The van der Waals surface area contributed by atoms with E-state index < -0.39 is 0 Å². The Labute approximate surface area is 156 Å². The normalized spacial score (nSPS) is 9.92. The van der Waals surface area contributed by atoms with Gasteiger partial charge in [-0.3, -0.25) is 4.79 Å². The largest absolute Gasteiger partial charge is 0.540 e. The van der Waals surface area contributed by atoms with E-state index in [1.54, 1.807) is 26.5 Å². The summed E-state index contributed by atoms with van der Waals surface area (Å²) in [6, 6.07) is 12.4. The van der Waals surface area contributed by atoms with Crippen LogP contribution in [0.2, 0.25) is 0 Å². The Balaban J connectivity index is 0.000000570. The van der Waals surface area contributed by atoms with Gasteiger partial charge in [-0.1, -0.05) is 23.8 Å². The first-order valence-electron chi connectivity index (χ1n) is 6.91. The van der Waals surface area contributed by atoms with Gasteiger partial charge in [0.25, 0.3) is 0 Å². The zero-order valence-electron chi connectivity index (χ0n) is 14.0. The molecule has 0 saturated carbocycles. The number of hydrogen-bond donors (Lipinski definition) is 1. The molecule has 1 heterocycles. The van der Waals surface area contributed by atoms with Crippen LogP contribution >= 0.6 is 0 Å². The number of carbonyl (C=O) groups excluding carboxylic acids is 1. The number of ketones is 1. The molecule has 5 nitrogen and oxygen atoms in total. The molecule has 0 atom stereocenters. The predicted molar refractivity (Wildman–Crippen MR) is 88.7 cm³/mol. The summed E-state index contributed by atoms with van der Waals surface area (Å²) >= 11 is 0. The number of aliphatic hydroxyl groups excluding tert-OH is 1. The molecule has 0 fully saturated rings. The van der Waals surface area contributed by atoms with Crippen molar-refractivity contribution < 1.29 is 40.4 Å². The molecule has 1 N–H and O–H groups in total. The summed E-state index contributed by atoms with van der Waals surface area (Å²) in [5.41, 5.74) is 1.67. The minimum absolute atomic E-state index is 0. The van der Waals surface area contributed by atoms with Gasteiger partial charge >= 0.3 is 0 Å². The third-order valence-electron chi connectivity index (χ3n) is 2.67. The van der Waals surface area contributed by atoms with Gasteiger partial charge in [-0.05, 0) is 25.6 Å². The molecule has 1 aromatic carbocycles. The summed E-state index contributed by atoms with van der Waals surface area (Å²) in [7, 11) is 3.23. The Kier molecular flexibility index (Phi) is 10.4. The van der Waals surface area contributed by atoms with Crippen LogP contribution in [-0.4, -0.2) is 30.1 Å². The van der Waals surface area contributed by atoms with E-state index in [9.17, 15) is 4.79 Å². The van der Waals surface area contributed by atoms with E-state index in [2.05, 4.69) is 11.1 Å². The van der Waals surface area contributed by atoms with E-state index in [1.807, 2.05) is 24.3 Å². The third-order valence-corrected chi connectivity index (χ3v) is 2.67. The number of aliphatic hydroxyl groups is 1. The second kappa shape index (κ2) is 11.4. The number of ether oxygens (including phenoxy) is 2. The average Bonchev–Trinajstić information content (AvgIpc) is 2.54. The van der Waals surface area contributed by atoms with Crippen LogP contribution in [0, 0.1) is 6.07 Å². The van der Waals surface area contributed by atoms with E-state index in [0.29, 0.717) is 5.75 Å². The zero-order valence-corrected chi connectivity index (χ0v) is 16.2. The summed E-state index contributed by atoms with van der Waals surface area (Å²) in [6.07, 6.45) is 2.91. The molecule has 0 aliphatic rings. The number of nitrogens with zero attached hydrogens (tertiary/aromatic N) is 1. The molecule has 0 amide bonds. The van der Waals surface area contributed by atoms with E-state index in [4.69, 9.17) is 14.6 Å². The van der Waals surface area contributed by atoms with Crippen LogP contribution in [0.25, 0.3) is 11.3 Å². The summed E-state index contributed by atoms with van der Waals surface area (Å²) < 4.78 is 10.4. The van der Waals surface area contributed by atoms with E-state index >= 15 is 0 Å². The van der Waals surface area contributed by atoms with Gasteiger partial charge in [0.1, 0.15) is 0 Å². The van der Waals surface area contributed by atoms with Crippen molar-refractivity contribution in [2.45, 2.75) is 13.8 Å². The van der Waals surface area contributed by atoms with Crippen LogP contribution in [0.3, 0.4) is 0 Å². The van der Waals surface area contributed by atoms with Crippen molar-refractivity contribution in [3.63, 3.8) is 0 Å².